The van der Waals surface area contributed by atoms with Gasteiger partial charge in [-0.1, -0.05) is 53.7 Å². The van der Waals surface area contributed by atoms with Crippen LogP contribution in [0.2, 0.25) is 5.02 Å². The highest BCUT2D eigenvalue weighted by Gasteiger charge is 2.21. The fourth-order valence-electron chi connectivity index (χ4n) is 3.47. The highest BCUT2D eigenvalue weighted by Crippen LogP contribution is 2.31. The number of ether oxygens (including phenoxy) is 1. The molecular formula is C23H21ClN4O2S. The van der Waals surface area contributed by atoms with Gasteiger partial charge in [0.2, 0.25) is 0 Å². The summed E-state index contributed by atoms with van der Waals surface area (Å²) in [5, 5.41) is 10.9. The number of esters is 1. The third-order valence-corrected chi connectivity index (χ3v) is 6.36. The number of hydrogen-bond acceptors (Lipinski definition) is 6. The van der Waals surface area contributed by atoms with Gasteiger partial charge in [0, 0.05) is 23.8 Å². The molecule has 4 aromatic rings. The fourth-order valence-corrected chi connectivity index (χ4v) is 4.54. The maximum absolute atomic E-state index is 12.7. The van der Waals surface area contributed by atoms with Crippen LogP contribution in [0.5, 0.6) is 0 Å². The second kappa shape index (κ2) is 9.08. The zero-order valence-corrected chi connectivity index (χ0v) is 19.0. The molecule has 0 saturated heterocycles. The Morgan fingerprint density at radius 2 is 1.87 bits per heavy atom. The summed E-state index contributed by atoms with van der Waals surface area (Å²) >= 11 is 7.79. The first-order chi connectivity index (χ1) is 15.0. The van der Waals surface area contributed by atoms with Gasteiger partial charge < -0.3 is 9.30 Å². The van der Waals surface area contributed by atoms with Gasteiger partial charge >= 0.3 is 5.97 Å². The van der Waals surface area contributed by atoms with E-state index < -0.39 is 0 Å². The fraction of sp³-hybridized carbons (Fsp3) is 0.217. The summed E-state index contributed by atoms with van der Waals surface area (Å²) in [5.41, 5.74) is 3.72. The van der Waals surface area contributed by atoms with Crippen molar-refractivity contribution in [1.82, 2.24) is 19.7 Å². The predicted octanol–water partition coefficient (Wildman–Crippen LogP) is 5.46. The summed E-state index contributed by atoms with van der Waals surface area (Å²) in [4.78, 5) is 17.5. The van der Waals surface area contributed by atoms with Gasteiger partial charge in [-0.25, -0.2) is 4.79 Å². The molecule has 0 fully saturated rings. The molecule has 0 radical (unpaired) electrons. The number of benzene rings is 2. The van der Waals surface area contributed by atoms with Crippen LogP contribution in [0.25, 0.3) is 22.3 Å². The molecule has 0 amide bonds. The normalized spacial score (nSPS) is 11.1. The Morgan fingerprint density at radius 3 is 2.65 bits per heavy atom. The minimum absolute atomic E-state index is 0.308. The summed E-state index contributed by atoms with van der Waals surface area (Å²) in [6.45, 7) is 4.04. The number of pyridine rings is 1. The zero-order chi connectivity index (χ0) is 22.0. The van der Waals surface area contributed by atoms with E-state index in [0.717, 1.165) is 22.0 Å². The molecule has 4 rings (SSSR count). The van der Waals surface area contributed by atoms with Crippen LogP contribution >= 0.6 is 23.4 Å². The van der Waals surface area contributed by atoms with Gasteiger partial charge in [-0.15, -0.1) is 10.2 Å². The van der Waals surface area contributed by atoms with Gasteiger partial charge in [0.25, 0.3) is 0 Å². The molecule has 0 unspecified atom stereocenters. The Morgan fingerprint density at radius 1 is 1.13 bits per heavy atom. The SMILES string of the molecule is CCOC(=O)c1c(CSc2nnc(-c3ccccc3Cl)n2C)nc2ccccc2c1C. The van der Waals surface area contributed by atoms with Crippen molar-refractivity contribution in [2.45, 2.75) is 24.8 Å². The number of thioether (sulfide) groups is 1. The van der Waals surface area contributed by atoms with Crippen molar-refractivity contribution in [3.63, 3.8) is 0 Å². The summed E-state index contributed by atoms with van der Waals surface area (Å²) in [6, 6.07) is 15.3. The zero-order valence-electron chi connectivity index (χ0n) is 17.4. The molecule has 0 saturated carbocycles. The molecule has 158 valence electrons. The molecule has 8 heteroatoms. The van der Waals surface area contributed by atoms with Crippen molar-refractivity contribution in [2.75, 3.05) is 6.61 Å². The molecule has 0 aliphatic heterocycles. The lowest BCUT2D eigenvalue weighted by Gasteiger charge is -2.13. The number of nitrogens with zero attached hydrogens (tertiary/aromatic N) is 4. The van der Waals surface area contributed by atoms with Crippen LogP contribution in [0.3, 0.4) is 0 Å². The van der Waals surface area contributed by atoms with Crippen molar-refractivity contribution in [3.8, 4) is 11.4 Å². The largest absolute Gasteiger partial charge is 0.462 e. The number of carbonyl (C=O) groups excluding carboxylic acids is 1. The lowest BCUT2D eigenvalue weighted by atomic mass is 10.0. The number of hydrogen-bond donors (Lipinski definition) is 0. The molecule has 2 aromatic heterocycles. The highest BCUT2D eigenvalue weighted by atomic mass is 35.5. The number of halogens is 1. The molecule has 31 heavy (non-hydrogen) atoms. The maximum atomic E-state index is 12.7. The van der Waals surface area contributed by atoms with Crippen molar-refractivity contribution >= 4 is 40.2 Å². The first kappa shape index (κ1) is 21.3. The summed E-state index contributed by atoms with van der Waals surface area (Å²) < 4.78 is 7.21. The Labute approximate surface area is 189 Å². The van der Waals surface area contributed by atoms with E-state index >= 15 is 0 Å². The molecular weight excluding hydrogens is 432 g/mol. The molecule has 0 spiro atoms. The van der Waals surface area contributed by atoms with Crippen LogP contribution < -0.4 is 0 Å². The van der Waals surface area contributed by atoms with Gasteiger partial charge in [0.15, 0.2) is 11.0 Å². The minimum atomic E-state index is -0.358. The van der Waals surface area contributed by atoms with E-state index in [1.165, 1.54) is 11.8 Å². The Hall–Kier alpha value is -2.90. The van der Waals surface area contributed by atoms with Crippen LogP contribution in [0.15, 0.2) is 53.7 Å². The first-order valence-corrected chi connectivity index (χ1v) is 11.2. The lowest BCUT2D eigenvalue weighted by molar-refractivity contribution is 0.0524. The van der Waals surface area contributed by atoms with E-state index in [1.807, 2.05) is 67.1 Å². The molecule has 6 nitrogen and oxygen atoms in total. The first-order valence-electron chi connectivity index (χ1n) is 9.83. The topological polar surface area (TPSA) is 69.9 Å². The standard InChI is InChI=1S/C23H21ClN4O2S/c1-4-30-22(29)20-14(2)15-9-6-8-12-18(15)25-19(20)13-31-23-27-26-21(28(23)3)16-10-5-7-11-17(16)24/h5-12H,4,13H2,1-3H3. The van der Waals surface area contributed by atoms with Crippen LogP contribution in [0.4, 0.5) is 0 Å². The van der Waals surface area contributed by atoms with Crippen LogP contribution in [0, 0.1) is 6.92 Å². The molecule has 0 bridgehead atoms. The van der Waals surface area contributed by atoms with Gasteiger partial charge in [-0.05, 0) is 37.6 Å². The minimum Gasteiger partial charge on any atom is -0.462 e. The van der Waals surface area contributed by atoms with E-state index in [4.69, 9.17) is 21.3 Å². The van der Waals surface area contributed by atoms with Crippen molar-refractivity contribution in [1.29, 1.82) is 0 Å². The van der Waals surface area contributed by atoms with Gasteiger partial charge in [-0.2, -0.15) is 0 Å². The molecule has 2 aromatic carbocycles. The van der Waals surface area contributed by atoms with Crippen molar-refractivity contribution in [3.05, 3.63) is 70.4 Å². The third kappa shape index (κ3) is 4.16. The molecule has 0 aliphatic rings. The summed E-state index contributed by atoms with van der Waals surface area (Å²) in [5.74, 6) is 0.777. The number of aryl methyl sites for hydroxylation is 1. The second-order valence-corrected chi connectivity index (χ2v) is 8.28. The van der Waals surface area contributed by atoms with Gasteiger partial charge in [0.1, 0.15) is 0 Å². The second-order valence-electron chi connectivity index (χ2n) is 6.93. The quantitative estimate of drug-likeness (QED) is 0.286. The predicted molar refractivity (Wildman–Crippen MR) is 123 cm³/mol. The van der Waals surface area contributed by atoms with E-state index in [9.17, 15) is 4.79 Å². The Bertz CT molecular complexity index is 1270. The number of para-hydroxylation sites is 1. The molecule has 0 atom stereocenters. The van der Waals surface area contributed by atoms with Gasteiger partial charge in [-0.3, -0.25) is 4.98 Å². The van der Waals surface area contributed by atoms with Crippen LogP contribution in [0.1, 0.15) is 28.5 Å². The maximum Gasteiger partial charge on any atom is 0.340 e. The number of rotatable bonds is 6. The Balaban J connectivity index is 1.69. The molecule has 0 aliphatic carbocycles. The lowest BCUT2D eigenvalue weighted by Crippen LogP contribution is -2.12. The van der Waals surface area contributed by atoms with Gasteiger partial charge in [0.05, 0.1) is 28.4 Å². The van der Waals surface area contributed by atoms with Crippen LogP contribution in [-0.4, -0.2) is 32.3 Å². The summed E-state index contributed by atoms with van der Waals surface area (Å²) in [7, 11) is 1.90. The van der Waals surface area contributed by atoms with E-state index in [-0.39, 0.29) is 5.97 Å². The number of fused-ring (bicyclic) bond motifs is 1. The average molecular weight is 453 g/mol. The van der Waals surface area contributed by atoms with E-state index in [2.05, 4.69) is 10.2 Å². The smallest absolute Gasteiger partial charge is 0.340 e. The Kier molecular flexibility index (Phi) is 6.25. The third-order valence-electron chi connectivity index (χ3n) is 4.99. The molecule has 2 heterocycles. The summed E-state index contributed by atoms with van der Waals surface area (Å²) in [6.07, 6.45) is 0. The van der Waals surface area contributed by atoms with E-state index in [0.29, 0.717) is 39.6 Å². The highest BCUT2D eigenvalue weighted by molar-refractivity contribution is 7.98. The number of aromatic nitrogens is 4. The molecule has 0 N–H and O–H groups in total. The monoisotopic (exact) mass is 452 g/mol. The number of carbonyl (C=O) groups is 1. The van der Waals surface area contributed by atoms with Crippen molar-refractivity contribution in [2.24, 2.45) is 7.05 Å². The average Bonchev–Trinajstić information content (AvgIpc) is 3.13. The van der Waals surface area contributed by atoms with E-state index in [1.54, 1.807) is 6.92 Å². The van der Waals surface area contributed by atoms with Crippen molar-refractivity contribution < 1.29 is 9.53 Å². The van der Waals surface area contributed by atoms with Crippen LogP contribution in [-0.2, 0) is 17.5 Å².